The second-order valence-corrected chi connectivity index (χ2v) is 7.36. The van der Waals surface area contributed by atoms with Gasteiger partial charge in [0.25, 0.3) is 5.91 Å². The summed E-state index contributed by atoms with van der Waals surface area (Å²) in [7, 11) is 0. The number of hydrogen-bond acceptors (Lipinski definition) is 3. The van der Waals surface area contributed by atoms with Gasteiger partial charge in [-0.3, -0.25) is 4.79 Å². The molecule has 1 aromatic carbocycles. The molecule has 1 N–H and O–H groups in total. The molecule has 0 aliphatic heterocycles. The lowest BCUT2D eigenvalue weighted by molar-refractivity contribution is -0.124. The lowest BCUT2D eigenvalue weighted by Gasteiger charge is -2.21. The molecule has 2 aromatic rings. The Kier molecular flexibility index (Phi) is 6.03. The van der Waals surface area contributed by atoms with E-state index in [4.69, 9.17) is 4.74 Å². The van der Waals surface area contributed by atoms with Crippen LogP contribution in [0.1, 0.15) is 30.3 Å². The van der Waals surface area contributed by atoms with Gasteiger partial charge in [-0.15, -0.1) is 11.3 Å². The Morgan fingerprint density at radius 1 is 1.36 bits per heavy atom. The zero-order valence-electron chi connectivity index (χ0n) is 12.9. The number of rotatable bonds is 6. The minimum absolute atomic E-state index is 0.0102. The number of amides is 1. The van der Waals surface area contributed by atoms with Gasteiger partial charge in [-0.2, -0.15) is 0 Å². The van der Waals surface area contributed by atoms with E-state index in [0.29, 0.717) is 11.7 Å². The van der Waals surface area contributed by atoms with Crippen LogP contribution in [0.4, 0.5) is 0 Å². The molecule has 2 rings (SSSR count). The van der Waals surface area contributed by atoms with Crippen LogP contribution in [0.5, 0.6) is 5.75 Å². The molecule has 0 aliphatic carbocycles. The zero-order valence-corrected chi connectivity index (χ0v) is 15.3. The molecule has 0 saturated carbocycles. The van der Waals surface area contributed by atoms with E-state index in [9.17, 15) is 4.79 Å². The first-order chi connectivity index (χ1) is 10.5. The van der Waals surface area contributed by atoms with Crippen LogP contribution < -0.4 is 10.1 Å². The summed E-state index contributed by atoms with van der Waals surface area (Å²) in [5.41, 5.74) is 1.14. The first-order valence-electron chi connectivity index (χ1n) is 7.19. The Hall–Kier alpha value is -1.33. The van der Waals surface area contributed by atoms with Crippen LogP contribution in [0.15, 0.2) is 40.2 Å². The van der Waals surface area contributed by atoms with Gasteiger partial charge in [0.1, 0.15) is 5.75 Å². The number of carbonyl (C=O) groups excluding carboxylic acids is 1. The van der Waals surface area contributed by atoms with Crippen LogP contribution in [0.25, 0.3) is 0 Å². The number of aryl methyl sites for hydroxylation is 1. The van der Waals surface area contributed by atoms with Crippen molar-refractivity contribution in [2.45, 2.75) is 26.8 Å². The van der Waals surface area contributed by atoms with Gasteiger partial charge in [0.2, 0.25) is 0 Å². The molecule has 118 valence electrons. The van der Waals surface area contributed by atoms with Crippen LogP contribution >= 0.6 is 27.3 Å². The van der Waals surface area contributed by atoms with Crippen molar-refractivity contribution in [1.82, 2.24) is 5.32 Å². The second kappa shape index (κ2) is 7.79. The summed E-state index contributed by atoms with van der Waals surface area (Å²) in [5, 5.41) is 5.08. The standard InChI is InChI=1S/C17H20BrNO2S/c1-11(2)17(15-5-4-8-22-15)19-16(20)10-21-14-7-6-12(3)9-13(14)18/h4-9,11,17H,10H2,1-3H3,(H,19,20). The molecule has 1 atom stereocenters. The maximum Gasteiger partial charge on any atom is 0.258 e. The SMILES string of the molecule is Cc1ccc(OCC(=O)NC(c2cccs2)C(C)C)c(Br)c1. The van der Waals surface area contributed by atoms with Gasteiger partial charge in [0, 0.05) is 4.88 Å². The third-order valence-corrected chi connectivity index (χ3v) is 4.85. The van der Waals surface area contributed by atoms with Crippen molar-refractivity contribution in [2.24, 2.45) is 5.92 Å². The van der Waals surface area contributed by atoms with Gasteiger partial charge in [0.15, 0.2) is 6.61 Å². The molecule has 0 spiro atoms. The fraction of sp³-hybridized carbons (Fsp3) is 0.353. The van der Waals surface area contributed by atoms with Crippen LogP contribution in [0.3, 0.4) is 0 Å². The van der Waals surface area contributed by atoms with Crippen molar-refractivity contribution in [2.75, 3.05) is 6.61 Å². The smallest absolute Gasteiger partial charge is 0.258 e. The predicted molar refractivity (Wildman–Crippen MR) is 94.4 cm³/mol. The Morgan fingerprint density at radius 2 is 2.14 bits per heavy atom. The monoisotopic (exact) mass is 381 g/mol. The Morgan fingerprint density at radius 3 is 2.73 bits per heavy atom. The third kappa shape index (κ3) is 4.58. The molecule has 1 unspecified atom stereocenters. The van der Waals surface area contributed by atoms with E-state index in [1.165, 1.54) is 4.88 Å². The maximum atomic E-state index is 12.2. The number of halogens is 1. The van der Waals surface area contributed by atoms with Crippen molar-refractivity contribution in [3.8, 4) is 5.75 Å². The average molecular weight is 382 g/mol. The van der Waals surface area contributed by atoms with Crippen LogP contribution in [-0.4, -0.2) is 12.5 Å². The van der Waals surface area contributed by atoms with Crippen molar-refractivity contribution >= 4 is 33.2 Å². The van der Waals surface area contributed by atoms with Crippen LogP contribution in [0, 0.1) is 12.8 Å². The van der Waals surface area contributed by atoms with Crippen molar-refractivity contribution in [1.29, 1.82) is 0 Å². The van der Waals surface area contributed by atoms with Gasteiger partial charge in [-0.25, -0.2) is 0 Å². The van der Waals surface area contributed by atoms with Crippen molar-refractivity contribution < 1.29 is 9.53 Å². The summed E-state index contributed by atoms with van der Waals surface area (Å²) in [6.07, 6.45) is 0. The topological polar surface area (TPSA) is 38.3 Å². The molecule has 1 aromatic heterocycles. The molecule has 1 amide bonds. The summed E-state index contributed by atoms with van der Waals surface area (Å²) < 4.78 is 6.46. The molecule has 5 heteroatoms. The second-order valence-electron chi connectivity index (χ2n) is 5.53. The summed E-state index contributed by atoms with van der Waals surface area (Å²) in [4.78, 5) is 13.3. The summed E-state index contributed by atoms with van der Waals surface area (Å²) in [6.45, 7) is 6.22. The summed E-state index contributed by atoms with van der Waals surface area (Å²) >= 11 is 5.10. The van der Waals surface area contributed by atoms with Crippen LogP contribution in [-0.2, 0) is 4.79 Å². The number of carbonyl (C=O) groups is 1. The van der Waals surface area contributed by atoms with Gasteiger partial charge < -0.3 is 10.1 Å². The minimum atomic E-state index is -0.112. The van der Waals surface area contributed by atoms with E-state index < -0.39 is 0 Å². The van der Waals surface area contributed by atoms with E-state index in [1.807, 2.05) is 42.6 Å². The van der Waals surface area contributed by atoms with Gasteiger partial charge >= 0.3 is 0 Å². The highest BCUT2D eigenvalue weighted by Crippen LogP contribution is 2.27. The molecule has 0 radical (unpaired) electrons. The molecule has 3 nitrogen and oxygen atoms in total. The quantitative estimate of drug-likeness (QED) is 0.786. The highest BCUT2D eigenvalue weighted by Gasteiger charge is 2.19. The van der Waals surface area contributed by atoms with Crippen molar-refractivity contribution in [3.63, 3.8) is 0 Å². The lowest BCUT2D eigenvalue weighted by atomic mass is 10.0. The first-order valence-corrected chi connectivity index (χ1v) is 8.86. The van der Waals surface area contributed by atoms with E-state index in [0.717, 1.165) is 10.0 Å². The number of ether oxygens (including phenoxy) is 1. The number of nitrogens with one attached hydrogen (secondary N) is 1. The third-order valence-electron chi connectivity index (χ3n) is 3.28. The van der Waals surface area contributed by atoms with E-state index >= 15 is 0 Å². The molecular weight excluding hydrogens is 362 g/mol. The summed E-state index contributed by atoms with van der Waals surface area (Å²) in [6, 6.07) is 9.87. The highest BCUT2D eigenvalue weighted by atomic mass is 79.9. The van der Waals surface area contributed by atoms with Crippen LogP contribution in [0.2, 0.25) is 0 Å². The van der Waals surface area contributed by atoms with E-state index in [1.54, 1.807) is 11.3 Å². The predicted octanol–water partition coefficient (Wildman–Crippen LogP) is 4.71. The Balaban J connectivity index is 1.94. The zero-order chi connectivity index (χ0) is 16.1. The largest absolute Gasteiger partial charge is 0.483 e. The molecule has 0 bridgehead atoms. The van der Waals surface area contributed by atoms with E-state index in [-0.39, 0.29) is 18.6 Å². The number of hydrogen-bond donors (Lipinski definition) is 1. The molecular formula is C17H20BrNO2S. The lowest BCUT2D eigenvalue weighted by Crippen LogP contribution is -2.34. The minimum Gasteiger partial charge on any atom is -0.483 e. The molecule has 22 heavy (non-hydrogen) atoms. The summed E-state index contributed by atoms with van der Waals surface area (Å²) in [5.74, 6) is 0.895. The van der Waals surface area contributed by atoms with Gasteiger partial charge in [-0.05, 0) is 57.9 Å². The fourth-order valence-corrected chi connectivity index (χ4v) is 3.67. The van der Waals surface area contributed by atoms with Crippen molar-refractivity contribution in [3.05, 3.63) is 50.6 Å². The molecule has 1 heterocycles. The molecule has 0 saturated heterocycles. The Bertz CT molecular complexity index is 626. The number of benzene rings is 1. The number of thiophene rings is 1. The van der Waals surface area contributed by atoms with E-state index in [2.05, 4.69) is 35.1 Å². The first kappa shape index (κ1) is 17.0. The molecule has 0 fully saturated rings. The average Bonchev–Trinajstić information content (AvgIpc) is 2.97. The highest BCUT2D eigenvalue weighted by molar-refractivity contribution is 9.10. The normalized spacial score (nSPS) is 12.2. The molecule has 0 aliphatic rings. The van der Waals surface area contributed by atoms with Gasteiger partial charge in [0.05, 0.1) is 10.5 Å². The van der Waals surface area contributed by atoms with Gasteiger partial charge in [-0.1, -0.05) is 26.0 Å². The fourth-order valence-electron chi connectivity index (χ4n) is 2.12. The maximum absolute atomic E-state index is 12.2. The Labute approximate surface area is 143 Å².